The predicted octanol–water partition coefficient (Wildman–Crippen LogP) is 2.11. The van der Waals surface area contributed by atoms with Crippen LogP contribution in [0.5, 0.6) is 0 Å². The van der Waals surface area contributed by atoms with E-state index >= 15 is 0 Å². The molecule has 1 unspecified atom stereocenters. The molecule has 0 amide bonds. The van der Waals surface area contributed by atoms with E-state index in [2.05, 4.69) is 69.7 Å². The Hall–Kier alpha value is -1.24. The molecule has 3 rings (SSSR count). The highest BCUT2D eigenvalue weighted by molar-refractivity contribution is 8.01. The van der Waals surface area contributed by atoms with Crippen LogP contribution in [-0.4, -0.2) is 79.9 Å². The maximum absolute atomic E-state index is 4.41. The molecule has 144 valence electrons. The number of nitrogens with one attached hydrogen (secondary N) is 2. The van der Waals surface area contributed by atoms with Gasteiger partial charge in [0, 0.05) is 62.0 Å². The summed E-state index contributed by atoms with van der Waals surface area (Å²) in [7, 11) is 4.06. The van der Waals surface area contributed by atoms with Crippen molar-refractivity contribution in [3.05, 3.63) is 30.3 Å². The fourth-order valence-electron chi connectivity index (χ4n) is 3.29. The fraction of sp³-hybridized carbons (Fsp3) is 0.650. The Bertz CT molecular complexity index is 579. The Labute approximate surface area is 162 Å². The summed E-state index contributed by atoms with van der Waals surface area (Å²) in [5, 5.41) is 7.07. The molecule has 0 radical (unpaired) electrons. The molecule has 2 aliphatic rings. The van der Waals surface area contributed by atoms with Gasteiger partial charge in [0.2, 0.25) is 0 Å². The molecule has 5 nitrogen and oxygen atoms in total. The summed E-state index contributed by atoms with van der Waals surface area (Å²) in [6.07, 6.45) is 2.54. The van der Waals surface area contributed by atoms with E-state index in [0.29, 0.717) is 10.8 Å². The summed E-state index contributed by atoms with van der Waals surface area (Å²) >= 11 is 2.00. The van der Waals surface area contributed by atoms with Crippen LogP contribution in [0.2, 0.25) is 0 Å². The maximum Gasteiger partial charge on any atom is 0.191 e. The van der Waals surface area contributed by atoms with Crippen molar-refractivity contribution in [3.8, 4) is 0 Å². The van der Waals surface area contributed by atoms with Crippen molar-refractivity contribution in [2.24, 2.45) is 4.99 Å². The molecule has 1 aromatic carbocycles. The first kappa shape index (κ1) is 19.5. The summed E-state index contributed by atoms with van der Waals surface area (Å²) in [5.41, 5.74) is 0. The van der Waals surface area contributed by atoms with Crippen molar-refractivity contribution in [3.63, 3.8) is 0 Å². The number of guanidine groups is 1. The zero-order chi connectivity index (χ0) is 18.4. The Balaban J connectivity index is 1.41. The molecule has 1 heterocycles. The zero-order valence-electron chi connectivity index (χ0n) is 16.4. The largest absolute Gasteiger partial charge is 0.355 e. The third kappa shape index (κ3) is 5.63. The molecule has 0 bridgehead atoms. The molecular formula is C20H33N5S. The normalized spacial score (nSPS) is 22.0. The van der Waals surface area contributed by atoms with Gasteiger partial charge >= 0.3 is 0 Å². The second kappa shape index (κ2) is 9.11. The minimum absolute atomic E-state index is 0.335. The summed E-state index contributed by atoms with van der Waals surface area (Å²) in [6.45, 7) is 8.84. The van der Waals surface area contributed by atoms with Crippen molar-refractivity contribution in [1.29, 1.82) is 0 Å². The average molecular weight is 376 g/mol. The second-order valence-electron chi connectivity index (χ2n) is 7.59. The molecular weight excluding hydrogens is 342 g/mol. The van der Waals surface area contributed by atoms with Gasteiger partial charge in [-0.05, 0) is 38.9 Å². The molecule has 1 aliphatic carbocycles. The van der Waals surface area contributed by atoms with E-state index in [1.54, 1.807) is 0 Å². The molecule has 26 heavy (non-hydrogen) atoms. The molecule has 2 fully saturated rings. The lowest BCUT2D eigenvalue weighted by Crippen LogP contribution is -2.52. The number of hydrogen-bond donors (Lipinski definition) is 2. The highest BCUT2D eigenvalue weighted by Crippen LogP contribution is 2.51. The van der Waals surface area contributed by atoms with Crippen LogP contribution in [0.4, 0.5) is 0 Å². The van der Waals surface area contributed by atoms with Gasteiger partial charge in [-0.15, -0.1) is 11.8 Å². The van der Waals surface area contributed by atoms with Crippen LogP contribution in [-0.2, 0) is 0 Å². The number of aliphatic imine (C=N–C) groups is 1. The Morgan fingerprint density at radius 2 is 1.85 bits per heavy atom. The third-order valence-electron chi connectivity index (χ3n) is 5.41. The summed E-state index contributed by atoms with van der Waals surface area (Å²) in [4.78, 5) is 10.7. The first-order chi connectivity index (χ1) is 12.6. The highest BCUT2D eigenvalue weighted by Gasteiger charge is 2.43. The van der Waals surface area contributed by atoms with Crippen LogP contribution in [0, 0.1) is 0 Å². The van der Waals surface area contributed by atoms with E-state index < -0.39 is 0 Å². The predicted molar refractivity (Wildman–Crippen MR) is 112 cm³/mol. The maximum atomic E-state index is 4.41. The molecule has 2 N–H and O–H groups in total. The molecule has 1 aliphatic heterocycles. The van der Waals surface area contributed by atoms with Crippen LogP contribution in [0.1, 0.15) is 19.8 Å². The quantitative estimate of drug-likeness (QED) is 0.564. The minimum atomic E-state index is 0.335. The van der Waals surface area contributed by atoms with Crippen LogP contribution < -0.4 is 10.6 Å². The first-order valence-corrected chi connectivity index (χ1v) is 10.5. The molecule has 1 saturated carbocycles. The van der Waals surface area contributed by atoms with Gasteiger partial charge in [-0.25, -0.2) is 0 Å². The zero-order valence-corrected chi connectivity index (χ0v) is 17.2. The van der Waals surface area contributed by atoms with Crippen molar-refractivity contribution in [2.45, 2.75) is 35.4 Å². The van der Waals surface area contributed by atoms with Crippen molar-refractivity contribution in [2.75, 3.05) is 53.4 Å². The topological polar surface area (TPSA) is 42.9 Å². The van der Waals surface area contributed by atoms with E-state index in [1.807, 2.05) is 18.8 Å². The summed E-state index contributed by atoms with van der Waals surface area (Å²) in [6, 6.07) is 11.2. The summed E-state index contributed by atoms with van der Waals surface area (Å²) < 4.78 is 0.335. The van der Waals surface area contributed by atoms with Crippen LogP contribution in [0.25, 0.3) is 0 Å². The van der Waals surface area contributed by atoms with E-state index in [1.165, 1.54) is 17.7 Å². The van der Waals surface area contributed by atoms with E-state index in [4.69, 9.17) is 0 Å². The van der Waals surface area contributed by atoms with Crippen molar-refractivity contribution < 1.29 is 0 Å². The fourth-order valence-corrected chi connectivity index (χ4v) is 4.54. The molecule has 1 saturated heterocycles. The third-order valence-corrected chi connectivity index (χ3v) is 6.91. The molecule has 0 spiro atoms. The van der Waals surface area contributed by atoms with Crippen LogP contribution in [0.3, 0.4) is 0 Å². The summed E-state index contributed by atoms with van der Waals surface area (Å²) in [5.74, 6) is 0.922. The van der Waals surface area contributed by atoms with Gasteiger partial charge in [-0.3, -0.25) is 9.89 Å². The molecule has 1 aromatic rings. The van der Waals surface area contributed by atoms with Crippen LogP contribution in [0.15, 0.2) is 40.2 Å². The second-order valence-corrected chi connectivity index (χ2v) is 9.13. The number of benzene rings is 1. The van der Waals surface area contributed by atoms with Gasteiger partial charge in [0.25, 0.3) is 0 Å². The van der Waals surface area contributed by atoms with Gasteiger partial charge in [-0.2, -0.15) is 0 Å². The number of piperazine rings is 1. The van der Waals surface area contributed by atoms with Crippen molar-refractivity contribution in [1.82, 2.24) is 20.4 Å². The van der Waals surface area contributed by atoms with Crippen molar-refractivity contribution >= 4 is 17.7 Å². The number of thioether (sulfide) groups is 1. The molecule has 0 aromatic heterocycles. The lowest BCUT2D eigenvalue weighted by molar-refractivity contribution is 0.120. The Morgan fingerprint density at radius 1 is 1.15 bits per heavy atom. The van der Waals surface area contributed by atoms with Gasteiger partial charge in [-0.1, -0.05) is 18.2 Å². The van der Waals surface area contributed by atoms with Gasteiger partial charge in [0.05, 0.1) is 0 Å². The Kier molecular flexibility index (Phi) is 6.84. The van der Waals surface area contributed by atoms with Gasteiger partial charge in [0.15, 0.2) is 5.96 Å². The Morgan fingerprint density at radius 3 is 2.46 bits per heavy atom. The van der Waals surface area contributed by atoms with Gasteiger partial charge < -0.3 is 15.5 Å². The SMILES string of the molecule is CN=C(NCC(C)N1CCN(C)CC1)NCC1(Sc2ccccc2)CC1. The number of rotatable bonds is 7. The highest BCUT2D eigenvalue weighted by atomic mass is 32.2. The monoisotopic (exact) mass is 375 g/mol. The van der Waals surface area contributed by atoms with E-state index in [-0.39, 0.29) is 0 Å². The number of nitrogens with zero attached hydrogens (tertiary/aromatic N) is 3. The standard InChI is InChI=1S/C20H33N5S/c1-17(25-13-11-24(3)12-14-25)15-22-19(21-2)23-16-20(9-10-20)26-18-7-5-4-6-8-18/h4-8,17H,9-16H2,1-3H3,(H2,21,22,23). The van der Waals surface area contributed by atoms with E-state index in [0.717, 1.165) is 45.2 Å². The average Bonchev–Trinajstić information content (AvgIpc) is 3.42. The lowest BCUT2D eigenvalue weighted by Gasteiger charge is -2.36. The molecule has 6 heteroatoms. The lowest BCUT2D eigenvalue weighted by atomic mass is 10.2. The number of likely N-dealkylation sites (N-methyl/N-ethyl adjacent to an activating group) is 1. The first-order valence-electron chi connectivity index (χ1n) is 9.71. The molecule has 1 atom stereocenters. The smallest absolute Gasteiger partial charge is 0.191 e. The van der Waals surface area contributed by atoms with Gasteiger partial charge in [0.1, 0.15) is 0 Å². The number of hydrogen-bond acceptors (Lipinski definition) is 4. The van der Waals surface area contributed by atoms with Crippen LogP contribution >= 0.6 is 11.8 Å². The minimum Gasteiger partial charge on any atom is -0.355 e. The van der Waals surface area contributed by atoms with E-state index in [9.17, 15) is 0 Å².